The van der Waals surface area contributed by atoms with Gasteiger partial charge in [-0.1, -0.05) is 34.6 Å². The van der Waals surface area contributed by atoms with Gasteiger partial charge < -0.3 is 5.73 Å². The normalized spacial score (nSPS) is 39.7. The lowest BCUT2D eigenvalue weighted by molar-refractivity contribution is 0.274. The number of hydrogen-bond acceptors (Lipinski definition) is 2. The lowest BCUT2D eigenvalue weighted by Crippen LogP contribution is -2.49. The molecule has 1 aliphatic rings. The Balaban J connectivity index is 2.74. The Kier molecular flexibility index (Phi) is 4.99. The number of hydrogen-bond donors (Lipinski definition) is 1. The summed E-state index contributed by atoms with van der Waals surface area (Å²) in [7, 11) is -0.781. The molecule has 0 aromatic rings. The molecule has 96 valence electrons. The van der Waals surface area contributed by atoms with Gasteiger partial charge in [0.15, 0.2) is 0 Å². The standard InChI is InChI=1S/C13H27NOS/c1-8(2)11(5)16(15)13-10(4)6-9(3)7-12(13)14/h8-13H,6-7,14H2,1-5H3. The van der Waals surface area contributed by atoms with E-state index in [0.29, 0.717) is 17.8 Å². The second kappa shape index (κ2) is 5.63. The zero-order chi connectivity index (χ0) is 12.5. The molecular weight excluding hydrogens is 218 g/mol. The van der Waals surface area contributed by atoms with E-state index in [9.17, 15) is 4.21 Å². The van der Waals surface area contributed by atoms with Crippen LogP contribution in [0, 0.1) is 17.8 Å². The van der Waals surface area contributed by atoms with Crippen LogP contribution in [0.4, 0.5) is 0 Å². The van der Waals surface area contributed by atoms with Crippen LogP contribution in [0.15, 0.2) is 0 Å². The summed E-state index contributed by atoms with van der Waals surface area (Å²) >= 11 is 0. The SMILES string of the molecule is CC1CC(C)C(S(=O)C(C)C(C)C)C(N)C1. The fourth-order valence-electron chi connectivity index (χ4n) is 2.80. The topological polar surface area (TPSA) is 43.1 Å². The molecule has 16 heavy (non-hydrogen) atoms. The maximum Gasteiger partial charge on any atom is 0.0527 e. The molecular formula is C13H27NOS. The third-order valence-electron chi connectivity index (χ3n) is 4.01. The van der Waals surface area contributed by atoms with E-state index in [1.807, 2.05) is 0 Å². The van der Waals surface area contributed by atoms with Crippen molar-refractivity contribution < 1.29 is 4.21 Å². The first-order valence-electron chi connectivity index (χ1n) is 6.49. The molecule has 3 heteroatoms. The van der Waals surface area contributed by atoms with Crippen molar-refractivity contribution in [3.63, 3.8) is 0 Å². The predicted octanol–water partition coefficient (Wildman–Crippen LogP) is 2.54. The molecule has 0 aromatic heterocycles. The van der Waals surface area contributed by atoms with Crippen molar-refractivity contribution >= 4 is 10.8 Å². The van der Waals surface area contributed by atoms with Crippen molar-refractivity contribution in [3.05, 3.63) is 0 Å². The molecule has 6 atom stereocenters. The summed E-state index contributed by atoms with van der Waals surface area (Å²) in [6.45, 7) is 10.8. The first-order valence-corrected chi connectivity index (χ1v) is 7.77. The van der Waals surface area contributed by atoms with Gasteiger partial charge in [0.25, 0.3) is 0 Å². The molecule has 1 aliphatic carbocycles. The first-order chi connectivity index (χ1) is 7.34. The van der Waals surface area contributed by atoms with Crippen LogP contribution in [0.25, 0.3) is 0 Å². The molecule has 0 aromatic carbocycles. The van der Waals surface area contributed by atoms with E-state index < -0.39 is 10.8 Å². The van der Waals surface area contributed by atoms with Crippen LogP contribution in [0.5, 0.6) is 0 Å². The minimum absolute atomic E-state index is 0.126. The Morgan fingerprint density at radius 1 is 1.19 bits per heavy atom. The zero-order valence-electron chi connectivity index (χ0n) is 11.3. The fraction of sp³-hybridized carbons (Fsp3) is 1.00. The van der Waals surface area contributed by atoms with Crippen LogP contribution in [0.1, 0.15) is 47.5 Å². The summed E-state index contributed by atoms with van der Waals surface area (Å²) in [5.41, 5.74) is 6.21. The lowest BCUT2D eigenvalue weighted by Gasteiger charge is -2.38. The molecule has 1 saturated carbocycles. The van der Waals surface area contributed by atoms with Crippen LogP contribution in [-0.4, -0.2) is 20.8 Å². The number of rotatable bonds is 3. The highest BCUT2D eigenvalue weighted by molar-refractivity contribution is 7.86. The second-order valence-electron chi connectivity index (χ2n) is 5.96. The smallest absolute Gasteiger partial charge is 0.0527 e. The van der Waals surface area contributed by atoms with Gasteiger partial charge in [0.2, 0.25) is 0 Å². The molecule has 0 aliphatic heterocycles. The monoisotopic (exact) mass is 245 g/mol. The molecule has 2 nitrogen and oxygen atoms in total. The highest BCUT2D eigenvalue weighted by Crippen LogP contribution is 2.33. The first kappa shape index (κ1) is 14.2. The third kappa shape index (κ3) is 3.07. The highest BCUT2D eigenvalue weighted by Gasteiger charge is 2.37. The molecule has 0 spiro atoms. The molecule has 2 N–H and O–H groups in total. The molecule has 0 saturated heterocycles. The maximum atomic E-state index is 12.5. The zero-order valence-corrected chi connectivity index (χ0v) is 12.1. The Bertz CT molecular complexity index is 242. The molecule has 0 bridgehead atoms. The quantitative estimate of drug-likeness (QED) is 0.830. The average molecular weight is 245 g/mol. The predicted molar refractivity (Wildman–Crippen MR) is 71.8 cm³/mol. The fourth-order valence-corrected chi connectivity index (χ4v) is 4.86. The van der Waals surface area contributed by atoms with E-state index in [4.69, 9.17) is 5.73 Å². The van der Waals surface area contributed by atoms with E-state index in [1.54, 1.807) is 0 Å². The van der Waals surface area contributed by atoms with Crippen LogP contribution in [0.2, 0.25) is 0 Å². The summed E-state index contributed by atoms with van der Waals surface area (Å²) < 4.78 is 12.5. The second-order valence-corrected chi connectivity index (χ2v) is 7.90. The van der Waals surface area contributed by atoms with E-state index >= 15 is 0 Å². The Morgan fingerprint density at radius 2 is 1.75 bits per heavy atom. The molecule has 6 unspecified atom stereocenters. The van der Waals surface area contributed by atoms with Crippen molar-refractivity contribution in [1.29, 1.82) is 0 Å². The minimum atomic E-state index is -0.781. The summed E-state index contributed by atoms with van der Waals surface area (Å²) in [6, 6.07) is 0.126. The Morgan fingerprint density at radius 3 is 2.19 bits per heavy atom. The van der Waals surface area contributed by atoms with Crippen LogP contribution in [-0.2, 0) is 10.8 Å². The van der Waals surface area contributed by atoms with E-state index in [-0.39, 0.29) is 16.5 Å². The summed E-state index contributed by atoms with van der Waals surface area (Å²) in [6.07, 6.45) is 2.21. The van der Waals surface area contributed by atoms with E-state index in [1.165, 1.54) is 6.42 Å². The summed E-state index contributed by atoms with van der Waals surface area (Å²) in [4.78, 5) is 0. The molecule has 0 amide bonds. The van der Waals surface area contributed by atoms with Crippen molar-refractivity contribution in [2.75, 3.05) is 0 Å². The van der Waals surface area contributed by atoms with Crippen molar-refractivity contribution in [1.82, 2.24) is 0 Å². The van der Waals surface area contributed by atoms with Crippen molar-refractivity contribution in [2.45, 2.75) is 64.0 Å². The van der Waals surface area contributed by atoms with Crippen LogP contribution < -0.4 is 5.73 Å². The summed E-state index contributed by atoms with van der Waals surface area (Å²) in [5, 5.41) is 0.459. The van der Waals surface area contributed by atoms with Gasteiger partial charge in [-0.05, 0) is 30.6 Å². The Labute approximate surface area is 103 Å². The van der Waals surface area contributed by atoms with Crippen LogP contribution in [0.3, 0.4) is 0 Å². The summed E-state index contributed by atoms with van der Waals surface area (Å²) in [5.74, 6) is 1.66. The van der Waals surface area contributed by atoms with Gasteiger partial charge in [-0.3, -0.25) is 4.21 Å². The van der Waals surface area contributed by atoms with Gasteiger partial charge in [0.05, 0.1) is 5.25 Å². The van der Waals surface area contributed by atoms with Gasteiger partial charge in [-0.2, -0.15) is 0 Å². The van der Waals surface area contributed by atoms with Gasteiger partial charge in [-0.25, -0.2) is 0 Å². The number of nitrogens with two attached hydrogens (primary N) is 1. The molecule has 0 radical (unpaired) electrons. The van der Waals surface area contributed by atoms with Gasteiger partial charge >= 0.3 is 0 Å². The Hall–Kier alpha value is 0.110. The highest BCUT2D eigenvalue weighted by atomic mass is 32.2. The maximum absolute atomic E-state index is 12.5. The average Bonchev–Trinajstić information content (AvgIpc) is 2.14. The van der Waals surface area contributed by atoms with Gasteiger partial charge in [0, 0.05) is 22.1 Å². The molecule has 1 fully saturated rings. The van der Waals surface area contributed by atoms with Gasteiger partial charge in [-0.15, -0.1) is 0 Å². The van der Waals surface area contributed by atoms with Crippen molar-refractivity contribution in [3.8, 4) is 0 Å². The lowest BCUT2D eigenvalue weighted by atomic mass is 9.80. The minimum Gasteiger partial charge on any atom is -0.327 e. The van der Waals surface area contributed by atoms with Gasteiger partial charge in [0.1, 0.15) is 0 Å². The third-order valence-corrected chi connectivity index (χ3v) is 6.63. The largest absolute Gasteiger partial charge is 0.327 e. The van der Waals surface area contributed by atoms with E-state index in [0.717, 1.165) is 6.42 Å². The molecule has 0 heterocycles. The molecule has 1 rings (SSSR count). The van der Waals surface area contributed by atoms with Crippen molar-refractivity contribution in [2.24, 2.45) is 23.5 Å². The van der Waals surface area contributed by atoms with E-state index in [2.05, 4.69) is 34.6 Å². The van der Waals surface area contributed by atoms with Crippen LogP contribution >= 0.6 is 0 Å².